The second-order valence-corrected chi connectivity index (χ2v) is 7.31. The van der Waals surface area contributed by atoms with Crippen molar-refractivity contribution in [1.82, 2.24) is 4.90 Å². The van der Waals surface area contributed by atoms with Crippen LogP contribution in [0.4, 0.5) is 0 Å². The van der Waals surface area contributed by atoms with Gasteiger partial charge < -0.3 is 10.0 Å². The summed E-state index contributed by atoms with van der Waals surface area (Å²) >= 11 is 0. The van der Waals surface area contributed by atoms with Gasteiger partial charge in [0.15, 0.2) is 0 Å². The average molecular weight is 338 g/mol. The molecule has 0 radical (unpaired) electrons. The van der Waals surface area contributed by atoms with Crippen molar-refractivity contribution in [3.05, 3.63) is 65.7 Å². The number of rotatable bonds is 7. The molecule has 2 heteroatoms. The lowest BCUT2D eigenvalue weighted by molar-refractivity contribution is 0.154. The zero-order valence-electron chi connectivity index (χ0n) is 15.4. The third kappa shape index (κ3) is 5.09. The summed E-state index contributed by atoms with van der Waals surface area (Å²) in [6.45, 7) is 4.62. The Morgan fingerprint density at radius 3 is 2.24 bits per heavy atom. The Morgan fingerprint density at radius 1 is 0.920 bits per heavy atom. The number of nitrogens with zero attached hydrogens (tertiary/aromatic N) is 1. The van der Waals surface area contributed by atoms with Gasteiger partial charge in [0.25, 0.3) is 0 Å². The number of phenols is 1. The van der Waals surface area contributed by atoms with Gasteiger partial charge in [-0.25, -0.2) is 0 Å². The number of aryl methyl sites for hydroxylation is 1. The van der Waals surface area contributed by atoms with Crippen molar-refractivity contribution in [1.29, 1.82) is 0 Å². The fraction of sp³-hybridized carbons (Fsp3) is 0.478. The molecule has 1 fully saturated rings. The molecule has 0 heterocycles. The van der Waals surface area contributed by atoms with Crippen molar-refractivity contribution in [3.8, 4) is 5.75 Å². The minimum Gasteiger partial charge on any atom is -0.508 e. The molecule has 1 N–H and O–H groups in total. The van der Waals surface area contributed by atoms with Gasteiger partial charge in [0.2, 0.25) is 0 Å². The van der Waals surface area contributed by atoms with Gasteiger partial charge in [-0.3, -0.25) is 0 Å². The predicted molar refractivity (Wildman–Crippen MR) is 105 cm³/mol. The SMILES string of the molecule is CCN(CCCc1ccc(O)cc1)[C@H]1CC[C@H](c2ccccc2)CC1. The van der Waals surface area contributed by atoms with Crippen LogP contribution in [-0.4, -0.2) is 29.1 Å². The number of aromatic hydroxyl groups is 1. The Balaban J connectivity index is 1.45. The minimum atomic E-state index is 0.356. The van der Waals surface area contributed by atoms with E-state index in [1.807, 2.05) is 12.1 Å². The molecule has 1 saturated carbocycles. The molecular weight excluding hydrogens is 306 g/mol. The maximum absolute atomic E-state index is 9.37. The Bertz CT molecular complexity index is 614. The third-order valence-corrected chi connectivity index (χ3v) is 5.74. The number of hydrogen-bond donors (Lipinski definition) is 1. The highest BCUT2D eigenvalue weighted by molar-refractivity contribution is 5.26. The molecule has 25 heavy (non-hydrogen) atoms. The maximum Gasteiger partial charge on any atom is 0.115 e. The van der Waals surface area contributed by atoms with Crippen molar-refractivity contribution >= 4 is 0 Å². The van der Waals surface area contributed by atoms with Crippen LogP contribution >= 0.6 is 0 Å². The number of phenolic OH excluding ortho intramolecular Hbond substituents is 1. The molecule has 1 aliphatic carbocycles. The van der Waals surface area contributed by atoms with Crippen LogP contribution in [0.15, 0.2) is 54.6 Å². The van der Waals surface area contributed by atoms with E-state index in [4.69, 9.17) is 0 Å². The quantitative estimate of drug-likeness (QED) is 0.734. The van der Waals surface area contributed by atoms with E-state index in [2.05, 4.69) is 42.2 Å². The van der Waals surface area contributed by atoms with E-state index in [1.54, 1.807) is 12.1 Å². The second kappa shape index (κ2) is 9.05. The van der Waals surface area contributed by atoms with E-state index in [1.165, 1.54) is 49.8 Å². The van der Waals surface area contributed by atoms with Crippen LogP contribution in [0.3, 0.4) is 0 Å². The molecule has 2 nitrogen and oxygen atoms in total. The van der Waals surface area contributed by atoms with Gasteiger partial charge in [0, 0.05) is 6.04 Å². The van der Waals surface area contributed by atoms with Gasteiger partial charge in [-0.15, -0.1) is 0 Å². The first-order chi connectivity index (χ1) is 12.3. The van der Waals surface area contributed by atoms with E-state index in [-0.39, 0.29) is 0 Å². The van der Waals surface area contributed by atoms with Crippen molar-refractivity contribution in [3.63, 3.8) is 0 Å². The van der Waals surface area contributed by atoms with Gasteiger partial charge in [0.1, 0.15) is 5.75 Å². The summed E-state index contributed by atoms with van der Waals surface area (Å²) in [6.07, 6.45) is 7.58. The number of benzene rings is 2. The molecule has 0 aromatic heterocycles. The van der Waals surface area contributed by atoms with Crippen molar-refractivity contribution < 1.29 is 5.11 Å². The second-order valence-electron chi connectivity index (χ2n) is 7.31. The van der Waals surface area contributed by atoms with Crippen molar-refractivity contribution in [2.24, 2.45) is 0 Å². The molecule has 2 aromatic rings. The van der Waals surface area contributed by atoms with Gasteiger partial charge in [-0.05, 0) is 80.8 Å². The first-order valence-electron chi connectivity index (χ1n) is 9.83. The molecule has 0 amide bonds. The van der Waals surface area contributed by atoms with E-state index in [0.29, 0.717) is 5.75 Å². The summed E-state index contributed by atoms with van der Waals surface area (Å²) in [5.74, 6) is 1.11. The molecular formula is C23H31NO. The highest BCUT2D eigenvalue weighted by Gasteiger charge is 2.25. The minimum absolute atomic E-state index is 0.356. The molecule has 134 valence electrons. The summed E-state index contributed by atoms with van der Waals surface area (Å²) in [5, 5.41) is 9.37. The van der Waals surface area contributed by atoms with E-state index < -0.39 is 0 Å². The highest BCUT2D eigenvalue weighted by Crippen LogP contribution is 2.34. The van der Waals surface area contributed by atoms with Crippen LogP contribution in [0.5, 0.6) is 5.75 Å². The molecule has 0 spiro atoms. The molecule has 0 atom stereocenters. The molecule has 3 rings (SSSR count). The monoisotopic (exact) mass is 337 g/mol. The van der Waals surface area contributed by atoms with E-state index in [9.17, 15) is 5.11 Å². The molecule has 0 aliphatic heterocycles. The Morgan fingerprint density at radius 2 is 1.60 bits per heavy atom. The standard InChI is InChI=1S/C23H31NO/c1-2-24(18-6-7-19-10-16-23(25)17-11-19)22-14-12-21(13-15-22)20-8-4-3-5-9-20/h3-5,8-11,16-17,21-22,25H,2,6-7,12-15,18H2,1H3/t21-,22-. The van der Waals surface area contributed by atoms with Crippen LogP contribution in [0.2, 0.25) is 0 Å². The molecule has 2 aromatic carbocycles. The lowest BCUT2D eigenvalue weighted by Gasteiger charge is -2.36. The fourth-order valence-electron chi connectivity index (χ4n) is 4.25. The van der Waals surface area contributed by atoms with Gasteiger partial charge in [0.05, 0.1) is 0 Å². The smallest absolute Gasteiger partial charge is 0.115 e. The highest BCUT2D eigenvalue weighted by atomic mass is 16.3. The van der Waals surface area contributed by atoms with Crippen LogP contribution in [0.25, 0.3) is 0 Å². The molecule has 0 unspecified atom stereocenters. The van der Waals surface area contributed by atoms with Crippen molar-refractivity contribution in [2.45, 2.75) is 57.4 Å². The lowest BCUT2D eigenvalue weighted by atomic mass is 9.81. The Labute approximate surface area is 152 Å². The maximum atomic E-state index is 9.37. The Kier molecular flexibility index (Phi) is 6.52. The Hall–Kier alpha value is -1.80. The summed E-state index contributed by atoms with van der Waals surface area (Å²) in [4.78, 5) is 2.68. The first kappa shape index (κ1) is 18.0. The van der Waals surface area contributed by atoms with Gasteiger partial charge in [-0.2, -0.15) is 0 Å². The van der Waals surface area contributed by atoms with Crippen LogP contribution in [-0.2, 0) is 6.42 Å². The van der Waals surface area contributed by atoms with Gasteiger partial charge in [-0.1, -0.05) is 49.4 Å². The normalized spacial score (nSPS) is 20.7. The van der Waals surface area contributed by atoms with Crippen molar-refractivity contribution in [2.75, 3.05) is 13.1 Å². The van der Waals surface area contributed by atoms with Crippen LogP contribution in [0, 0.1) is 0 Å². The van der Waals surface area contributed by atoms with Gasteiger partial charge >= 0.3 is 0 Å². The summed E-state index contributed by atoms with van der Waals surface area (Å²) < 4.78 is 0. The van der Waals surface area contributed by atoms with Crippen LogP contribution < -0.4 is 0 Å². The zero-order chi connectivity index (χ0) is 17.5. The number of hydrogen-bond acceptors (Lipinski definition) is 2. The predicted octanol–water partition coefficient (Wildman–Crippen LogP) is 5.37. The van der Waals surface area contributed by atoms with Crippen LogP contribution in [0.1, 0.15) is 56.1 Å². The fourth-order valence-corrected chi connectivity index (χ4v) is 4.25. The average Bonchev–Trinajstić information content (AvgIpc) is 2.68. The summed E-state index contributed by atoms with van der Waals surface area (Å²) in [5.41, 5.74) is 2.85. The zero-order valence-corrected chi connectivity index (χ0v) is 15.4. The third-order valence-electron chi connectivity index (χ3n) is 5.74. The molecule has 1 aliphatic rings. The molecule has 0 saturated heterocycles. The van der Waals surface area contributed by atoms with E-state index >= 15 is 0 Å². The topological polar surface area (TPSA) is 23.5 Å². The van der Waals surface area contributed by atoms with E-state index in [0.717, 1.165) is 24.9 Å². The largest absolute Gasteiger partial charge is 0.508 e. The summed E-state index contributed by atoms with van der Waals surface area (Å²) in [6, 6.07) is 19.4. The molecule has 0 bridgehead atoms. The summed E-state index contributed by atoms with van der Waals surface area (Å²) in [7, 11) is 0. The first-order valence-corrected chi connectivity index (χ1v) is 9.83. The lowest BCUT2D eigenvalue weighted by Crippen LogP contribution is -2.38.